The van der Waals surface area contributed by atoms with E-state index in [4.69, 9.17) is 27.4 Å². The number of likely N-dealkylation sites (N-methyl/N-ethyl adjacent to an activating group) is 1. The van der Waals surface area contributed by atoms with Crippen LogP contribution in [0.3, 0.4) is 0 Å². The Morgan fingerprint density at radius 1 is 1.21 bits per heavy atom. The van der Waals surface area contributed by atoms with Gasteiger partial charge in [0.05, 0.1) is 11.6 Å². The molecule has 19 heavy (non-hydrogen) atoms. The van der Waals surface area contributed by atoms with Crippen molar-refractivity contribution in [3.63, 3.8) is 0 Å². The SMILES string of the molecule is CCOc1ccccc1OCCN(C)CCC(N)=S. The molecule has 1 aromatic carbocycles. The maximum absolute atomic E-state index is 5.74. The van der Waals surface area contributed by atoms with E-state index >= 15 is 0 Å². The Hall–Kier alpha value is -1.33. The second-order valence-corrected chi connectivity index (χ2v) is 4.77. The normalized spacial score (nSPS) is 10.5. The maximum Gasteiger partial charge on any atom is 0.161 e. The van der Waals surface area contributed by atoms with Gasteiger partial charge >= 0.3 is 0 Å². The zero-order valence-corrected chi connectivity index (χ0v) is 12.4. The standard InChI is InChI=1S/C14H22N2O2S/c1-3-17-12-6-4-5-7-13(12)18-11-10-16(2)9-8-14(15)19/h4-7H,3,8-11H2,1-2H3,(H2,15,19). The van der Waals surface area contributed by atoms with Crippen LogP contribution < -0.4 is 15.2 Å². The van der Waals surface area contributed by atoms with Crippen molar-refractivity contribution in [1.29, 1.82) is 0 Å². The Morgan fingerprint density at radius 3 is 2.42 bits per heavy atom. The van der Waals surface area contributed by atoms with E-state index in [0.29, 0.717) is 18.2 Å². The summed E-state index contributed by atoms with van der Waals surface area (Å²) < 4.78 is 11.2. The van der Waals surface area contributed by atoms with Gasteiger partial charge in [-0.1, -0.05) is 24.4 Å². The first kappa shape index (κ1) is 15.7. The van der Waals surface area contributed by atoms with E-state index in [1.54, 1.807) is 0 Å². The predicted octanol–water partition coefficient (Wildman–Crippen LogP) is 2.07. The third kappa shape index (κ3) is 6.40. The first-order valence-corrected chi connectivity index (χ1v) is 6.85. The van der Waals surface area contributed by atoms with Crippen molar-refractivity contribution >= 4 is 17.2 Å². The monoisotopic (exact) mass is 282 g/mol. The zero-order chi connectivity index (χ0) is 14.1. The lowest BCUT2D eigenvalue weighted by Crippen LogP contribution is -2.27. The van der Waals surface area contributed by atoms with Gasteiger partial charge in [0.2, 0.25) is 0 Å². The van der Waals surface area contributed by atoms with Crippen LogP contribution in [0.1, 0.15) is 13.3 Å². The highest BCUT2D eigenvalue weighted by molar-refractivity contribution is 7.80. The fourth-order valence-corrected chi connectivity index (χ4v) is 1.66. The van der Waals surface area contributed by atoms with Crippen LogP contribution in [0.4, 0.5) is 0 Å². The topological polar surface area (TPSA) is 47.7 Å². The largest absolute Gasteiger partial charge is 0.490 e. The van der Waals surface area contributed by atoms with Crippen LogP contribution in [0.25, 0.3) is 0 Å². The number of thiocarbonyl (C=S) groups is 1. The molecule has 2 N–H and O–H groups in total. The second kappa shape index (κ2) is 8.72. The Labute approximate surface area is 120 Å². The molecule has 0 atom stereocenters. The summed E-state index contributed by atoms with van der Waals surface area (Å²) in [4.78, 5) is 2.69. The Balaban J connectivity index is 2.34. The van der Waals surface area contributed by atoms with E-state index in [1.807, 2.05) is 38.2 Å². The zero-order valence-electron chi connectivity index (χ0n) is 11.6. The fourth-order valence-electron chi connectivity index (χ4n) is 1.57. The molecule has 0 aliphatic heterocycles. The van der Waals surface area contributed by atoms with Crippen molar-refractivity contribution in [3.8, 4) is 11.5 Å². The average molecular weight is 282 g/mol. The van der Waals surface area contributed by atoms with E-state index in [0.717, 1.165) is 31.0 Å². The smallest absolute Gasteiger partial charge is 0.161 e. The van der Waals surface area contributed by atoms with Crippen molar-refractivity contribution in [1.82, 2.24) is 4.90 Å². The summed E-state index contributed by atoms with van der Waals surface area (Å²) in [6, 6.07) is 7.70. The van der Waals surface area contributed by atoms with E-state index in [1.165, 1.54) is 0 Å². The number of benzene rings is 1. The van der Waals surface area contributed by atoms with Crippen LogP contribution in [-0.4, -0.2) is 43.2 Å². The maximum atomic E-state index is 5.74. The highest BCUT2D eigenvalue weighted by Crippen LogP contribution is 2.26. The first-order chi connectivity index (χ1) is 9.13. The Bertz CT molecular complexity index is 399. The number of ether oxygens (including phenoxy) is 2. The van der Waals surface area contributed by atoms with Gasteiger partial charge in [-0.05, 0) is 26.1 Å². The van der Waals surface area contributed by atoms with Crippen molar-refractivity contribution in [2.24, 2.45) is 5.73 Å². The molecule has 0 amide bonds. The summed E-state index contributed by atoms with van der Waals surface area (Å²) in [5.74, 6) is 1.57. The molecule has 0 heterocycles. The Kier molecular flexibility index (Phi) is 7.22. The van der Waals surface area contributed by atoms with Gasteiger partial charge in [0.25, 0.3) is 0 Å². The molecule has 0 aromatic heterocycles. The fraction of sp³-hybridized carbons (Fsp3) is 0.500. The molecular weight excluding hydrogens is 260 g/mol. The predicted molar refractivity (Wildman–Crippen MR) is 82.0 cm³/mol. The minimum absolute atomic E-state index is 0.550. The van der Waals surface area contributed by atoms with Gasteiger partial charge in [-0.2, -0.15) is 0 Å². The molecule has 1 rings (SSSR count). The molecule has 106 valence electrons. The van der Waals surface area contributed by atoms with Crippen LogP contribution >= 0.6 is 12.2 Å². The van der Waals surface area contributed by atoms with Gasteiger partial charge < -0.3 is 20.1 Å². The van der Waals surface area contributed by atoms with Crippen LogP contribution in [0.15, 0.2) is 24.3 Å². The van der Waals surface area contributed by atoms with Crippen molar-refractivity contribution in [2.45, 2.75) is 13.3 Å². The molecule has 1 aromatic rings. The van der Waals surface area contributed by atoms with Crippen molar-refractivity contribution < 1.29 is 9.47 Å². The first-order valence-electron chi connectivity index (χ1n) is 6.45. The number of nitrogens with zero attached hydrogens (tertiary/aromatic N) is 1. The van der Waals surface area contributed by atoms with Gasteiger partial charge in [-0.15, -0.1) is 0 Å². The number of rotatable bonds is 9. The van der Waals surface area contributed by atoms with Gasteiger partial charge in [0.1, 0.15) is 6.61 Å². The van der Waals surface area contributed by atoms with Crippen LogP contribution in [0.2, 0.25) is 0 Å². The number of hydrogen-bond acceptors (Lipinski definition) is 4. The van der Waals surface area contributed by atoms with Crippen LogP contribution in [0.5, 0.6) is 11.5 Å². The summed E-state index contributed by atoms with van der Waals surface area (Å²) in [7, 11) is 2.02. The van der Waals surface area contributed by atoms with Gasteiger partial charge in [0.15, 0.2) is 11.5 Å². The third-order valence-corrected chi connectivity index (χ3v) is 2.82. The van der Waals surface area contributed by atoms with E-state index in [-0.39, 0.29) is 0 Å². The van der Waals surface area contributed by atoms with Gasteiger partial charge in [-0.25, -0.2) is 0 Å². The molecule has 4 nitrogen and oxygen atoms in total. The third-order valence-electron chi connectivity index (χ3n) is 2.62. The number of hydrogen-bond donors (Lipinski definition) is 1. The highest BCUT2D eigenvalue weighted by atomic mass is 32.1. The highest BCUT2D eigenvalue weighted by Gasteiger charge is 2.04. The lowest BCUT2D eigenvalue weighted by atomic mass is 10.3. The summed E-state index contributed by atoms with van der Waals surface area (Å²) >= 11 is 4.85. The molecule has 5 heteroatoms. The number of nitrogens with two attached hydrogens (primary N) is 1. The molecule has 0 saturated carbocycles. The van der Waals surface area contributed by atoms with Crippen LogP contribution in [-0.2, 0) is 0 Å². The van der Waals surface area contributed by atoms with Gasteiger partial charge in [0, 0.05) is 19.5 Å². The molecule has 0 bridgehead atoms. The summed E-state index contributed by atoms with van der Waals surface area (Å²) in [5.41, 5.74) is 5.47. The Morgan fingerprint density at radius 2 is 1.84 bits per heavy atom. The molecule has 0 fully saturated rings. The molecule has 0 radical (unpaired) electrons. The quantitative estimate of drug-likeness (QED) is 0.703. The second-order valence-electron chi connectivity index (χ2n) is 4.25. The molecule has 0 spiro atoms. The van der Waals surface area contributed by atoms with E-state index in [9.17, 15) is 0 Å². The summed E-state index contributed by atoms with van der Waals surface area (Å²) in [6.07, 6.45) is 0.737. The molecule has 0 aliphatic carbocycles. The molecule has 0 aliphatic rings. The average Bonchev–Trinajstić information content (AvgIpc) is 2.39. The molecular formula is C14H22N2O2S. The summed E-state index contributed by atoms with van der Waals surface area (Å²) in [5, 5.41) is 0. The minimum Gasteiger partial charge on any atom is -0.490 e. The molecule has 0 unspecified atom stereocenters. The van der Waals surface area contributed by atoms with Crippen molar-refractivity contribution in [2.75, 3.05) is 33.4 Å². The van der Waals surface area contributed by atoms with Crippen molar-refractivity contribution in [3.05, 3.63) is 24.3 Å². The number of para-hydroxylation sites is 2. The van der Waals surface area contributed by atoms with E-state index in [2.05, 4.69) is 4.90 Å². The minimum atomic E-state index is 0.550. The lowest BCUT2D eigenvalue weighted by molar-refractivity contribution is 0.229. The van der Waals surface area contributed by atoms with E-state index < -0.39 is 0 Å². The van der Waals surface area contributed by atoms with Crippen LogP contribution in [0, 0.1) is 0 Å². The molecule has 0 saturated heterocycles. The lowest BCUT2D eigenvalue weighted by Gasteiger charge is -2.17. The summed E-state index contributed by atoms with van der Waals surface area (Å²) in [6.45, 7) is 4.88. The van der Waals surface area contributed by atoms with Gasteiger partial charge in [-0.3, -0.25) is 0 Å².